The summed E-state index contributed by atoms with van der Waals surface area (Å²) in [5, 5.41) is 0. The molecule has 1 saturated heterocycles. The molecule has 38 heavy (non-hydrogen) atoms. The van der Waals surface area contributed by atoms with E-state index in [1.54, 1.807) is 12.1 Å². The van der Waals surface area contributed by atoms with Crippen LogP contribution in [0.25, 0.3) is 0 Å². The van der Waals surface area contributed by atoms with E-state index in [-0.39, 0.29) is 35.8 Å². The molecular formula is C28H28F7NO2. The smallest absolute Gasteiger partial charge is 0.371 e. The summed E-state index contributed by atoms with van der Waals surface area (Å²) in [6.45, 7) is 5.97. The minimum absolute atomic E-state index is 0.00550. The number of allylic oxidation sites excluding steroid dienone is 2. The molecule has 4 rings (SSSR count). The molecule has 2 aromatic carbocycles. The Hall–Kier alpha value is -2.88. The fourth-order valence-corrected chi connectivity index (χ4v) is 5.36. The van der Waals surface area contributed by atoms with Crippen LogP contribution in [0.1, 0.15) is 67.9 Å². The number of likely N-dealkylation sites (tertiary alicyclic amines) is 1. The number of carbonyl (C=O) groups is 1. The van der Waals surface area contributed by atoms with E-state index in [2.05, 4.69) is 0 Å². The normalized spacial score (nSPS) is 21.7. The predicted octanol–water partition coefficient (Wildman–Crippen LogP) is 7.68. The van der Waals surface area contributed by atoms with Crippen LogP contribution < -0.4 is 0 Å². The zero-order valence-electron chi connectivity index (χ0n) is 21.1. The van der Waals surface area contributed by atoms with Crippen molar-refractivity contribution in [3.63, 3.8) is 0 Å². The maximum absolute atomic E-state index is 13.6. The summed E-state index contributed by atoms with van der Waals surface area (Å²) in [6, 6.07) is 7.20. The number of benzene rings is 2. The van der Waals surface area contributed by atoms with E-state index in [9.17, 15) is 35.5 Å². The van der Waals surface area contributed by atoms with Crippen LogP contribution >= 0.6 is 0 Å². The van der Waals surface area contributed by atoms with Crippen LogP contribution in [0.3, 0.4) is 0 Å². The zero-order chi connectivity index (χ0) is 28.0. The number of carbonyl (C=O) groups excluding carboxylic acids is 1. The van der Waals surface area contributed by atoms with Gasteiger partial charge in [0.15, 0.2) is 5.78 Å². The highest BCUT2D eigenvalue weighted by atomic mass is 19.4. The van der Waals surface area contributed by atoms with Crippen molar-refractivity contribution in [2.45, 2.75) is 64.1 Å². The number of hydrogen-bond donors (Lipinski definition) is 0. The number of halogens is 7. The van der Waals surface area contributed by atoms with Gasteiger partial charge in [-0.25, -0.2) is 4.39 Å². The van der Waals surface area contributed by atoms with Crippen molar-refractivity contribution in [3.05, 3.63) is 81.8 Å². The first-order chi connectivity index (χ1) is 17.6. The topological polar surface area (TPSA) is 29.5 Å². The van der Waals surface area contributed by atoms with Crippen molar-refractivity contribution in [1.82, 2.24) is 4.90 Å². The fourth-order valence-electron chi connectivity index (χ4n) is 5.36. The lowest BCUT2D eigenvalue weighted by molar-refractivity contribution is -0.143. The van der Waals surface area contributed by atoms with Crippen LogP contribution in [0.4, 0.5) is 30.7 Å². The summed E-state index contributed by atoms with van der Waals surface area (Å²) in [7, 11) is 0. The first kappa shape index (κ1) is 28.1. The van der Waals surface area contributed by atoms with Crippen molar-refractivity contribution in [2.75, 3.05) is 13.1 Å². The van der Waals surface area contributed by atoms with E-state index in [0.29, 0.717) is 31.5 Å². The van der Waals surface area contributed by atoms with Crippen LogP contribution in [0.5, 0.6) is 0 Å². The fraction of sp³-hybridized carbons (Fsp3) is 0.464. The van der Waals surface area contributed by atoms with E-state index in [1.165, 1.54) is 19.1 Å². The molecule has 1 fully saturated rings. The minimum atomic E-state index is -4.97. The van der Waals surface area contributed by atoms with Crippen LogP contribution in [0, 0.1) is 11.7 Å². The molecule has 0 radical (unpaired) electrons. The van der Waals surface area contributed by atoms with Gasteiger partial charge in [0.2, 0.25) is 0 Å². The molecule has 3 atom stereocenters. The molecule has 3 nitrogen and oxygen atoms in total. The second-order valence-electron chi connectivity index (χ2n) is 10.2. The first-order valence-electron chi connectivity index (χ1n) is 12.4. The molecule has 0 N–H and O–H groups in total. The molecule has 0 amide bonds. The Labute approximate surface area is 216 Å². The standard InChI is InChI=1S/C28H28F7NO2/c1-15(2)26-23(8-9-24(26)37)36-13-22(17-4-6-21(29)7-5-17)25(14-36)38-16(3)18-10-19(27(30,31)32)12-20(11-18)28(33,34)35/h4-7,10-12,15-16,22,25H,8-9,13-14H2,1-3H3. The van der Waals surface area contributed by atoms with Crippen LogP contribution in [-0.4, -0.2) is 29.9 Å². The minimum Gasteiger partial charge on any atom is -0.371 e. The summed E-state index contributed by atoms with van der Waals surface area (Å²) < 4.78 is 100. The number of hydrogen-bond acceptors (Lipinski definition) is 3. The maximum atomic E-state index is 13.6. The Morgan fingerprint density at radius 1 is 0.868 bits per heavy atom. The monoisotopic (exact) mass is 543 g/mol. The van der Waals surface area contributed by atoms with Crippen molar-refractivity contribution in [3.8, 4) is 0 Å². The second kappa shape index (κ2) is 10.4. The Morgan fingerprint density at radius 2 is 1.45 bits per heavy atom. The third-order valence-corrected chi connectivity index (χ3v) is 7.18. The van der Waals surface area contributed by atoms with E-state index < -0.39 is 41.5 Å². The molecular weight excluding hydrogens is 515 g/mol. The Morgan fingerprint density at radius 3 is 1.97 bits per heavy atom. The molecule has 0 saturated carbocycles. The van der Waals surface area contributed by atoms with Gasteiger partial charge in [-0.15, -0.1) is 0 Å². The molecule has 2 aliphatic rings. The SMILES string of the molecule is CC(C)C1=C(N2CC(OC(C)c3cc(C(F)(F)F)cc(C(F)(F)F)c3)C(c3ccc(F)cc3)C2)CCC1=O. The largest absolute Gasteiger partial charge is 0.416 e. The van der Waals surface area contributed by atoms with Crippen molar-refractivity contribution < 1.29 is 40.3 Å². The molecule has 2 aromatic rings. The summed E-state index contributed by atoms with van der Waals surface area (Å²) in [5.41, 5.74) is -0.725. The summed E-state index contributed by atoms with van der Waals surface area (Å²) in [6.07, 6.45) is -10.7. The average molecular weight is 544 g/mol. The number of rotatable bonds is 6. The van der Waals surface area contributed by atoms with Crippen molar-refractivity contribution in [1.29, 1.82) is 0 Å². The van der Waals surface area contributed by atoms with Gasteiger partial charge in [0.25, 0.3) is 0 Å². The van der Waals surface area contributed by atoms with E-state index in [1.807, 2.05) is 18.7 Å². The number of ether oxygens (including phenoxy) is 1. The van der Waals surface area contributed by atoms with Gasteiger partial charge in [-0.1, -0.05) is 26.0 Å². The number of nitrogens with zero attached hydrogens (tertiary/aromatic N) is 1. The van der Waals surface area contributed by atoms with Crippen LogP contribution in [-0.2, 0) is 21.9 Å². The molecule has 0 aromatic heterocycles. The molecule has 206 valence electrons. The third kappa shape index (κ3) is 5.90. The molecule has 0 bridgehead atoms. The summed E-state index contributed by atoms with van der Waals surface area (Å²) in [4.78, 5) is 14.5. The van der Waals surface area contributed by atoms with E-state index in [4.69, 9.17) is 4.74 Å². The lowest BCUT2D eigenvalue weighted by Gasteiger charge is -2.25. The van der Waals surface area contributed by atoms with Crippen molar-refractivity contribution >= 4 is 5.78 Å². The highest BCUT2D eigenvalue weighted by Crippen LogP contribution is 2.41. The Kier molecular flexibility index (Phi) is 7.67. The molecule has 1 aliphatic carbocycles. The zero-order valence-corrected chi connectivity index (χ0v) is 21.1. The Balaban J connectivity index is 1.68. The van der Waals surface area contributed by atoms with E-state index in [0.717, 1.165) is 16.8 Å². The molecule has 10 heteroatoms. The third-order valence-electron chi connectivity index (χ3n) is 7.18. The Bertz CT molecular complexity index is 1180. The molecule has 0 spiro atoms. The van der Waals surface area contributed by atoms with Gasteiger partial charge in [-0.3, -0.25) is 4.79 Å². The van der Waals surface area contributed by atoms with E-state index >= 15 is 0 Å². The van der Waals surface area contributed by atoms with Gasteiger partial charge in [-0.2, -0.15) is 26.3 Å². The molecule has 3 unspecified atom stereocenters. The molecule has 1 aliphatic heterocycles. The number of Topliss-reactive ketones (excluding diaryl/α,β-unsaturated/α-hetero) is 1. The highest BCUT2D eigenvalue weighted by Gasteiger charge is 2.41. The van der Waals surface area contributed by atoms with Crippen LogP contribution in [0.15, 0.2) is 53.7 Å². The number of ketones is 1. The quantitative estimate of drug-likeness (QED) is 0.350. The first-order valence-corrected chi connectivity index (χ1v) is 12.4. The predicted molar refractivity (Wildman–Crippen MR) is 127 cm³/mol. The lowest BCUT2D eigenvalue weighted by atomic mass is 9.95. The van der Waals surface area contributed by atoms with Crippen LogP contribution in [0.2, 0.25) is 0 Å². The van der Waals surface area contributed by atoms with Gasteiger partial charge in [0.1, 0.15) is 5.82 Å². The maximum Gasteiger partial charge on any atom is 0.416 e. The van der Waals surface area contributed by atoms with Gasteiger partial charge < -0.3 is 9.64 Å². The van der Waals surface area contributed by atoms with Gasteiger partial charge in [-0.05, 0) is 60.7 Å². The second-order valence-corrected chi connectivity index (χ2v) is 10.2. The van der Waals surface area contributed by atoms with Gasteiger partial charge in [0.05, 0.1) is 23.3 Å². The summed E-state index contributed by atoms with van der Waals surface area (Å²) >= 11 is 0. The highest BCUT2D eigenvalue weighted by molar-refractivity contribution is 5.98. The van der Waals surface area contributed by atoms with Gasteiger partial charge in [0, 0.05) is 36.7 Å². The molecule has 1 heterocycles. The van der Waals surface area contributed by atoms with Crippen molar-refractivity contribution in [2.24, 2.45) is 5.92 Å². The summed E-state index contributed by atoms with van der Waals surface area (Å²) in [5.74, 6) is -0.726. The average Bonchev–Trinajstić information content (AvgIpc) is 3.41. The van der Waals surface area contributed by atoms with Gasteiger partial charge >= 0.3 is 12.4 Å². The lowest BCUT2D eigenvalue weighted by Crippen LogP contribution is -2.25. The number of alkyl halides is 6.